The molecule has 1 saturated heterocycles. The summed E-state index contributed by atoms with van der Waals surface area (Å²) < 4.78 is 54.3. The van der Waals surface area contributed by atoms with Gasteiger partial charge in [0, 0.05) is 12.1 Å². The SMILES string of the molecule is Fc1cccc2c1c(C1CCNCC1)nn2Cc1ccc(C(F)(F)F)cn1. The second-order valence-electron chi connectivity index (χ2n) is 6.74. The summed E-state index contributed by atoms with van der Waals surface area (Å²) in [6.45, 7) is 1.89. The maximum absolute atomic E-state index is 14.5. The van der Waals surface area contributed by atoms with E-state index in [1.807, 2.05) is 0 Å². The Morgan fingerprint density at radius 2 is 1.89 bits per heavy atom. The van der Waals surface area contributed by atoms with Gasteiger partial charge in [-0.15, -0.1) is 0 Å². The van der Waals surface area contributed by atoms with Crippen LogP contribution in [0.5, 0.6) is 0 Å². The minimum atomic E-state index is -4.42. The number of piperidine rings is 1. The van der Waals surface area contributed by atoms with E-state index in [1.165, 1.54) is 12.1 Å². The number of pyridine rings is 1. The first kappa shape index (κ1) is 17.9. The topological polar surface area (TPSA) is 42.7 Å². The zero-order valence-corrected chi connectivity index (χ0v) is 14.4. The number of nitrogens with one attached hydrogen (secondary N) is 1. The highest BCUT2D eigenvalue weighted by molar-refractivity contribution is 5.83. The molecule has 1 aromatic carbocycles. The van der Waals surface area contributed by atoms with Crippen LogP contribution in [0.25, 0.3) is 10.9 Å². The summed E-state index contributed by atoms with van der Waals surface area (Å²) in [5.41, 5.74) is 0.994. The molecule has 0 amide bonds. The monoisotopic (exact) mass is 378 g/mol. The third-order valence-corrected chi connectivity index (χ3v) is 4.94. The van der Waals surface area contributed by atoms with Gasteiger partial charge < -0.3 is 5.32 Å². The first-order valence-corrected chi connectivity index (χ1v) is 8.81. The first-order chi connectivity index (χ1) is 12.9. The Balaban J connectivity index is 1.70. The number of hydrogen-bond donors (Lipinski definition) is 1. The molecule has 4 nitrogen and oxygen atoms in total. The summed E-state index contributed by atoms with van der Waals surface area (Å²) in [5, 5.41) is 8.40. The van der Waals surface area contributed by atoms with Crippen molar-refractivity contribution in [2.75, 3.05) is 13.1 Å². The van der Waals surface area contributed by atoms with Crippen molar-refractivity contribution >= 4 is 10.9 Å². The molecule has 1 N–H and O–H groups in total. The number of halogens is 4. The molecule has 27 heavy (non-hydrogen) atoms. The van der Waals surface area contributed by atoms with Crippen molar-refractivity contribution in [3.63, 3.8) is 0 Å². The number of nitrogens with zero attached hydrogens (tertiary/aromatic N) is 3. The van der Waals surface area contributed by atoms with E-state index in [4.69, 9.17) is 0 Å². The van der Waals surface area contributed by atoms with E-state index in [1.54, 1.807) is 16.8 Å². The van der Waals surface area contributed by atoms with Crippen molar-refractivity contribution in [3.05, 3.63) is 59.3 Å². The Bertz CT molecular complexity index is 941. The fraction of sp³-hybridized carbons (Fsp3) is 0.368. The number of fused-ring (bicyclic) bond motifs is 1. The van der Waals surface area contributed by atoms with Gasteiger partial charge in [-0.2, -0.15) is 18.3 Å². The van der Waals surface area contributed by atoms with E-state index in [0.717, 1.165) is 43.9 Å². The third-order valence-electron chi connectivity index (χ3n) is 4.94. The predicted molar refractivity (Wildman–Crippen MR) is 92.9 cm³/mol. The summed E-state index contributed by atoms with van der Waals surface area (Å²) in [6.07, 6.45) is -1.86. The smallest absolute Gasteiger partial charge is 0.317 e. The Morgan fingerprint density at radius 3 is 2.56 bits per heavy atom. The molecule has 4 rings (SSSR count). The highest BCUT2D eigenvalue weighted by Gasteiger charge is 2.30. The van der Waals surface area contributed by atoms with Gasteiger partial charge in [0.2, 0.25) is 0 Å². The molecule has 8 heteroatoms. The molecule has 1 aliphatic rings. The molecule has 3 aromatic rings. The minimum Gasteiger partial charge on any atom is -0.317 e. The van der Waals surface area contributed by atoms with Crippen LogP contribution in [-0.4, -0.2) is 27.9 Å². The van der Waals surface area contributed by atoms with Crippen LogP contribution in [0.2, 0.25) is 0 Å². The largest absolute Gasteiger partial charge is 0.417 e. The lowest BCUT2D eigenvalue weighted by Gasteiger charge is -2.21. The molecule has 0 bridgehead atoms. The zero-order chi connectivity index (χ0) is 19.0. The van der Waals surface area contributed by atoms with Gasteiger partial charge >= 0.3 is 6.18 Å². The average Bonchev–Trinajstić information content (AvgIpc) is 3.02. The van der Waals surface area contributed by atoms with E-state index in [-0.39, 0.29) is 18.3 Å². The first-order valence-electron chi connectivity index (χ1n) is 8.81. The number of alkyl halides is 3. The van der Waals surface area contributed by atoms with Gasteiger partial charge in [-0.05, 0) is 50.2 Å². The van der Waals surface area contributed by atoms with Gasteiger partial charge in [-0.1, -0.05) is 6.07 Å². The molecule has 3 heterocycles. The molecular weight excluding hydrogens is 360 g/mol. The lowest BCUT2D eigenvalue weighted by molar-refractivity contribution is -0.137. The number of aromatic nitrogens is 3. The summed E-state index contributed by atoms with van der Waals surface area (Å²) >= 11 is 0. The van der Waals surface area contributed by atoms with E-state index < -0.39 is 11.7 Å². The van der Waals surface area contributed by atoms with Gasteiger partial charge in [0.05, 0.1) is 34.4 Å². The van der Waals surface area contributed by atoms with Crippen molar-refractivity contribution < 1.29 is 17.6 Å². The van der Waals surface area contributed by atoms with Gasteiger partial charge in [0.1, 0.15) is 5.82 Å². The fourth-order valence-electron chi connectivity index (χ4n) is 3.56. The van der Waals surface area contributed by atoms with Crippen LogP contribution in [0, 0.1) is 5.82 Å². The molecule has 0 atom stereocenters. The van der Waals surface area contributed by atoms with Crippen LogP contribution in [-0.2, 0) is 12.7 Å². The van der Waals surface area contributed by atoms with Crippen molar-refractivity contribution in [1.82, 2.24) is 20.1 Å². The molecular formula is C19H18F4N4. The summed E-state index contributed by atoms with van der Waals surface area (Å²) in [5.74, 6) is -0.167. The number of benzene rings is 1. The van der Waals surface area contributed by atoms with Gasteiger partial charge in [0.25, 0.3) is 0 Å². The fourth-order valence-corrected chi connectivity index (χ4v) is 3.56. The molecule has 0 unspecified atom stereocenters. The second kappa shape index (κ2) is 6.92. The van der Waals surface area contributed by atoms with Crippen LogP contribution < -0.4 is 5.32 Å². The minimum absolute atomic E-state index is 0.160. The van der Waals surface area contributed by atoms with Crippen molar-refractivity contribution in [1.29, 1.82) is 0 Å². The lowest BCUT2D eigenvalue weighted by Crippen LogP contribution is -2.27. The highest BCUT2D eigenvalue weighted by Crippen LogP contribution is 2.33. The average molecular weight is 378 g/mol. The number of hydrogen-bond acceptors (Lipinski definition) is 3. The second-order valence-corrected chi connectivity index (χ2v) is 6.74. The maximum atomic E-state index is 14.5. The molecule has 2 aromatic heterocycles. The van der Waals surface area contributed by atoms with Gasteiger partial charge in [0.15, 0.2) is 0 Å². The lowest BCUT2D eigenvalue weighted by atomic mass is 9.92. The maximum Gasteiger partial charge on any atom is 0.417 e. The molecule has 0 spiro atoms. The Morgan fingerprint density at radius 1 is 1.11 bits per heavy atom. The van der Waals surface area contributed by atoms with E-state index in [2.05, 4.69) is 15.4 Å². The molecule has 1 fully saturated rings. The van der Waals surface area contributed by atoms with Crippen LogP contribution in [0.15, 0.2) is 36.5 Å². The van der Waals surface area contributed by atoms with E-state index >= 15 is 0 Å². The van der Waals surface area contributed by atoms with Crippen LogP contribution in [0.1, 0.15) is 35.7 Å². The van der Waals surface area contributed by atoms with Crippen molar-refractivity contribution in [2.24, 2.45) is 0 Å². The molecule has 0 aliphatic carbocycles. The van der Waals surface area contributed by atoms with E-state index in [9.17, 15) is 17.6 Å². The molecule has 142 valence electrons. The third kappa shape index (κ3) is 3.53. The molecule has 1 aliphatic heterocycles. The zero-order valence-electron chi connectivity index (χ0n) is 14.4. The normalized spacial score (nSPS) is 16.1. The summed E-state index contributed by atoms with van der Waals surface area (Å²) in [6, 6.07) is 7.14. The van der Waals surface area contributed by atoms with Crippen molar-refractivity contribution in [2.45, 2.75) is 31.5 Å². The van der Waals surface area contributed by atoms with Crippen LogP contribution in [0.4, 0.5) is 17.6 Å². The Kier molecular flexibility index (Phi) is 4.59. The van der Waals surface area contributed by atoms with Gasteiger partial charge in [-0.25, -0.2) is 4.39 Å². The molecule has 0 radical (unpaired) electrons. The summed E-state index contributed by atoms with van der Waals surface area (Å²) in [7, 11) is 0. The van der Waals surface area contributed by atoms with Crippen LogP contribution >= 0.6 is 0 Å². The van der Waals surface area contributed by atoms with Crippen molar-refractivity contribution in [3.8, 4) is 0 Å². The Labute approximate surface area is 153 Å². The quantitative estimate of drug-likeness (QED) is 0.698. The molecule has 0 saturated carbocycles. The van der Waals surface area contributed by atoms with E-state index in [0.29, 0.717) is 16.6 Å². The summed E-state index contributed by atoms with van der Waals surface area (Å²) in [4.78, 5) is 3.91. The number of rotatable bonds is 3. The van der Waals surface area contributed by atoms with Crippen LogP contribution in [0.3, 0.4) is 0 Å². The predicted octanol–water partition coefficient (Wildman–Crippen LogP) is 4.10. The van der Waals surface area contributed by atoms with Gasteiger partial charge in [-0.3, -0.25) is 9.67 Å². The highest BCUT2D eigenvalue weighted by atomic mass is 19.4. The standard InChI is InChI=1S/C19H18F4N4/c20-15-2-1-3-16-17(15)18(12-6-8-24-9-7-12)26-27(16)11-14-5-4-13(10-25-14)19(21,22)23/h1-5,10,12,24H,6-9,11H2. The Hall–Kier alpha value is -2.48.